The molecule has 0 bridgehead atoms. The smallest absolute Gasteiger partial charge is 0.268 e. The van der Waals surface area contributed by atoms with E-state index in [0.717, 1.165) is 42.5 Å². The van der Waals surface area contributed by atoms with Crippen LogP contribution in [-0.4, -0.2) is 23.2 Å². The Bertz CT molecular complexity index is 907. The molecular formula is C23H28N2O2. The molecule has 0 saturated heterocycles. The number of nitrogens with one attached hydrogen (secondary N) is 2. The zero-order valence-corrected chi connectivity index (χ0v) is 16.4. The molecule has 1 aromatic carbocycles. The number of benzene rings is 1. The molecule has 0 radical (unpaired) electrons. The van der Waals surface area contributed by atoms with E-state index < -0.39 is 0 Å². The molecule has 0 fully saturated rings. The standard InChI is InChI=1S/C23H28N2O2/c1-14-20-18(11-23(2,3)12-19(20)26)25-21(14)22(27)24-13-16-9-6-8-15-7-4-5-10-17(15)16/h4-5,7,10,16,25H,6,8-9,11-13H2,1-3H3,(H,24,27). The van der Waals surface area contributed by atoms with Gasteiger partial charge in [-0.3, -0.25) is 9.59 Å². The van der Waals surface area contributed by atoms with Crippen LogP contribution in [-0.2, 0) is 12.8 Å². The summed E-state index contributed by atoms with van der Waals surface area (Å²) >= 11 is 0. The number of carbonyl (C=O) groups is 2. The van der Waals surface area contributed by atoms with Crippen molar-refractivity contribution in [2.75, 3.05) is 6.54 Å². The van der Waals surface area contributed by atoms with Crippen molar-refractivity contribution in [2.45, 2.75) is 58.8 Å². The molecule has 2 aromatic rings. The minimum absolute atomic E-state index is 0.0546. The van der Waals surface area contributed by atoms with Gasteiger partial charge in [0.15, 0.2) is 5.78 Å². The lowest BCUT2D eigenvalue weighted by molar-refractivity contribution is 0.0909. The van der Waals surface area contributed by atoms with Gasteiger partial charge >= 0.3 is 0 Å². The Hall–Kier alpha value is -2.36. The van der Waals surface area contributed by atoms with Gasteiger partial charge in [0.05, 0.1) is 0 Å². The molecule has 1 atom stereocenters. The number of aryl methyl sites for hydroxylation is 1. The molecule has 142 valence electrons. The van der Waals surface area contributed by atoms with Crippen molar-refractivity contribution in [1.29, 1.82) is 0 Å². The van der Waals surface area contributed by atoms with E-state index in [1.54, 1.807) is 0 Å². The van der Waals surface area contributed by atoms with Gasteiger partial charge in [-0.15, -0.1) is 0 Å². The Morgan fingerprint density at radius 2 is 2.04 bits per heavy atom. The summed E-state index contributed by atoms with van der Waals surface area (Å²) < 4.78 is 0. The van der Waals surface area contributed by atoms with Gasteiger partial charge in [-0.2, -0.15) is 0 Å². The van der Waals surface area contributed by atoms with Crippen LogP contribution >= 0.6 is 0 Å². The number of ketones is 1. The summed E-state index contributed by atoms with van der Waals surface area (Å²) in [6.07, 6.45) is 4.74. The molecule has 4 nitrogen and oxygen atoms in total. The predicted octanol–water partition coefficient (Wildman–Crippen LogP) is 4.33. The van der Waals surface area contributed by atoms with Gasteiger partial charge in [-0.1, -0.05) is 38.1 Å². The van der Waals surface area contributed by atoms with Crippen LogP contribution in [0, 0.1) is 12.3 Å². The Kier molecular flexibility index (Phi) is 4.45. The fraction of sp³-hybridized carbons (Fsp3) is 0.478. The number of carbonyl (C=O) groups excluding carboxylic acids is 2. The van der Waals surface area contributed by atoms with Crippen LogP contribution in [0.3, 0.4) is 0 Å². The summed E-state index contributed by atoms with van der Waals surface area (Å²) in [7, 11) is 0. The maximum Gasteiger partial charge on any atom is 0.268 e. The second-order valence-corrected chi connectivity index (χ2v) is 8.92. The summed E-state index contributed by atoms with van der Waals surface area (Å²) in [4.78, 5) is 28.7. The molecule has 2 aliphatic rings. The monoisotopic (exact) mass is 364 g/mol. The van der Waals surface area contributed by atoms with E-state index >= 15 is 0 Å². The van der Waals surface area contributed by atoms with Crippen LogP contribution in [0.5, 0.6) is 0 Å². The molecule has 0 aliphatic heterocycles. The molecule has 1 unspecified atom stereocenters. The molecule has 1 amide bonds. The average Bonchev–Trinajstić information content (AvgIpc) is 2.95. The van der Waals surface area contributed by atoms with Crippen LogP contribution < -0.4 is 5.32 Å². The first-order valence-electron chi connectivity index (χ1n) is 9.96. The van der Waals surface area contributed by atoms with Crippen molar-refractivity contribution in [3.05, 3.63) is 57.9 Å². The second-order valence-electron chi connectivity index (χ2n) is 8.92. The highest BCUT2D eigenvalue weighted by molar-refractivity contribution is 6.04. The first kappa shape index (κ1) is 18.0. The summed E-state index contributed by atoms with van der Waals surface area (Å²) in [5.74, 6) is 0.412. The minimum Gasteiger partial charge on any atom is -0.354 e. The number of aromatic nitrogens is 1. The second kappa shape index (κ2) is 6.66. The molecule has 1 heterocycles. The maximum atomic E-state index is 12.9. The van der Waals surface area contributed by atoms with Crippen molar-refractivity contribution >= 4 is 11.7 Å². The summed E-state index contributed by atoms with van der Waals surface area (Å²) in [5, 5.41) is 3.11. The normalized spacial score (nSPS) is 20.7. The topological polar surface area (TPSA) is 62.0 Å². The molecule has 2 N–H and O–H groups in total. The largest absolute Gasteiger partial charge is 0.354 e. The number of amides is 1. The van der Waals surface area contributed by atoms with E-state index in [1.165, 1.54) is 11.1 Å². The van der Waals surface area contributed by atoms with Crippen molar-refractivity contribution in [3.63, 3.8) is 0 Å². The van der Waals surface area contributed by atoms with E-state index in [4.69, 9.17) is 0 Å². The first-order chi connectivity index (χ1) is 12.9. The van der Waals surface area contributed by atoms with Crippen molar-refractivity contribution in [1.82, 2.24) is 10.3 Å². The van der Waals surface area contributed by atoms with E-state index in [2.05, 4.69) is 48.4 Å². The Morgan fingerprint density at radius 1 is 1.26 bits per heavy atom. The predicted molar refractivity (Wildman–Crippen MR) is 106 cm³/mol. The Morgan fingerprint density at radius 3 is 2.85 bits per heavy atom. The zero-order chi connectivity index (χ0) is 19.2. The summed E-state index contributed by atoms with van der Waals surface area (Å²) in [6.45, 7) is 6.73. The summed E-state index contributed by atoms with van der Waals surface area (Å²) in [6, 6.07) is 8.55. The minimum atomic E-state index is -0.101. The average molecular weight is 364 g/mol. The third-order valence-corrected chi connectivity index (χ3v) is 6.13. The van der Waals surface area contributed by atoms with Crippen LogP contribution in [0.25, 0.3) is 0 Å². The highest BCUT2D eigenvalue weighted by Crippen LogP contribution is 2.37. The number of hydrogen-bond acceptors (Lipinski definition) is 2. The number of H-pyrrole nitrogens is 1. The maximum absolute atomic E-state index is 12.9. The number of hydrogen-bond donors (Lipinski definition) is 2. The fourth-order valence-corrected chi connectivity index (χ4v) is 4.83. The molecule has 1 aromatic heterocycles. The highest BCUT2D eigenvalue weighted by atomic mass is 16.2. The number of fused-ring (bicyclic) bond motifs is 2. The first-order valence-corrected chi connectivity index (χ1v) is 9.96. The van der Waals surface area contributed by atoms with Gasteiger partial charge in [0.25, 0.3) is 5.91 Å². The van der Waals surface area contributed by atoms with Gasteiger partial charge < -0.3 is 10.3 Å². The third-order valence-electron chi connectivity index (χ3n) is 6.13. The van der Waals surface area contributed by atoms with E-state index in [1.807, 2.05) is 6.92 Å². The van der Waals surface area contributed by atoms with Gasteiger partial charge in [0.1, 0.15) is 5.69 Å². The van der Waals surface area contributed by atoms with Crippen LogP contribution in [0.1, 0.15) is 82.3 Å². The molecule has 2 aliphatic carbocycles. The molecule has 4 rings (SSSR count). The van der Waals surface area contributed by atoms with Gasteiger partial charge in [-0.05, 0) is 54.7 Å². The molecular weight excluding hydrogens is 336 g/mol. The van der Waals surface area contributed by atoms with Crippen LogP contribution in [0.2, 0.25) is 0 Å². The third kappa shape index (κ3) is 3.33. The zero-order valence-electron chi connectivity index (χ0n) is 16.4. The number of rotatable bonds is 3. The lowest BCUT2D eigenvalue weighted by atomic mass is 9.75. The van der Waals surface area contributed by atoms with Crippen molar-refractivity contribution < 1.29 is 9.59 Å². The van der Waals surface area contributed by atoms with Crippen molar-refractivity contribution in [2.24, 2.45) is 5.41 Å². The Labute approximate surface area is 160 Å². The molecule has 0 spiro atoms. The lowest BCUT2D eigenvalue weighted by Crippen LogP contribution is -2.30. The quantitative estimate of drug-likeness (QED) is 0.851. The number of aromatic amines is 1. The highest BCUT2D eigenvalue weighted by Gasteiger charge is 2.35. The Balaban J connectivity index is 1.51. The van der Waals surface area contributed by atoms with Gasteiger partial charge in [0, 0.05) is 30.1 Å². The van der Waals surface area contributed by atoms with Crippen LogP contribution in [0.15, 0.2) is 24.3 Å². The summed E-state index contributed by atoms with van der Waals surface area (Å²) in [5.41, 5.74) is 5.72. The number of Topliss-reactive ketones (excluding diaryl/α,β-unsaturated/α-hetero) is 1. The van der Waals surface area contributed by atoms with Gasteiger partial charge in [-0.25, -0.2) is 0 Å². The van der Waals surface area contributed by atoms with E-state index in [-0.39, 0.29) is 17.1 Å². The molecule has 27 heavy (non-hydrogen) atoms. The lowest BCUT2D eigenvalue weighted by Gasteiger charge is -2.28. The van der Waals surface area contributed by atoms with Gasteiger partial charge in [0.2, 0.25) is 0 Å². The fourth-order valence-electron chi connectivity index (χ4n) is 4.83. The van der Waals surface area contributed by atoms with Crippen molar-refractivity contribution in [3.8, 4) is 0 Å². The van der Waals surface area contributed by atoms with E-state index in [9.17, 15) is 9.59 Å². The molecule has 0 saturated carbocycles. The molecule has 4 heteroatoms. The SMILES string of the molecule is Cc1c(C(=O)NCC2CCCc3ccccc32)[nH]c2c1C(=O)CC(C)(C)C2. The van der Waals surface area contributed by atoms with Crippen LogP contribution in [0.4, 0.5) is 0 Å². The van der Waals surface area contributed by atoms with E-state index in [0.29, 0.717) is 24.6 Å².